The standard InChI is InChI=1S/C14H26O3Si/c1-10(2)16-18(15-5,17-11(3)4)14-9-12-6-7-13(14)8-12/h6-7,10-14H,8-9H2,1-5H3. The van der Waals surface area contributed by atoms with Crippen molar-refractivity contribution in [2.24, 2.45) is 11.8 Å². The second-order valence-electron chi connectivity index (χ2n) is 6.03. The quantitative estimate of drug-likeness (QED) is 0.547. The lowest BCUT2D eigenvalue weighted by Gasteiger charge is -2.38. The summed E-state index contributed by atoms with van der Waals surface area (Å²) in [7, 11) is -0.811. The second-order valence-corrected chi connectivity index (χ2v) is 8.86. The highest BCUT2D eigenvalue weighted by atomic mass is 28.4. The molecule has 2 aliphatic rings. The average molecular weight is 270 g/mol. The molecule has 1 fully saturated rings. The molecular weight excluding hydrogens is 244 g/mol. The van der Waals surface area contributed by atoms with Crippen LogP contribution in [0.1, 0.15) is 40.5 Å². The molecule has 3 nitrogen and oxygen atoms in total. The molecule has 0 aromatic heterocycles. The van der Waals surface area contributed by atoms with Crippen LogP contribution in [0.5, 0.6) is 0 Å². The summed E-state index contributed by atoms with van der Waals surface area (Å²) < 4.78 is 18.2. The first-order valence-corrected chi connectivity index (χ1v) is 8.86. The first-order chi connectivity index (χ1) is 8.47. The van der Waals surface area contributed by atoms with Crippen LogP contribution in [0.2, 0.25) is 5.54 Å². The van der Waals surface area contributed by atoms with Gasteiger partial charge in [0.05, 0.1) is 0 Å². The number of allylic oxidation sites excluding steroid dienone is 2. The van der Waals surface area contributed by atoms with Crippen molar-refractivity contribution in [3.63, 3.8) is 0 Å². The molecule has 18 heavy (non-hydrogen) atoms. The van der Waals surface area contributed by atoms with Crippen LogP contribution in [0.4, 0.5) is 0 Å². The Morgan fingerprint density at radius 1 is 1.00 bits per heavy atom. The zero-order valence-corrected chi connectivity index (χ0v) is 13.2. The van der Waals surface area contributed by atoms with Crippen LogP contribution < -0.4 is 0 Å². The molecule has 0 heterocycles. The number of hydrogen-bond donors (Lipinski definition) is 0. The van der Waals surface area contributed by atoms with Crippen molar-refractivity contribution >= 4 is 8.80 Å². The number of fused-ring (bicyclic) bond motifs is 2. The third-order valence-electron chi connectivity index (χ3n) is 3.82. The molecule has 4 heteroatoms. The Labute approximate surface area is 112 Å². The van der Waals surface area contributed by atoms with Gasteiger partial charge in [0, 0.05) is 24.9 Å². The van der Waals surface area contributed by atoms with Crippen LogP contribution >= 0.6 is 0 Å². The Hall–Kier alpha value is -0.163. The van der Waals surface area contributed by atoms with Crippen molar-refractivity contribution in [2.75, 3.05) is 7.11 Å². The molecule has 0 aliphatic heterocycles. The van der Waals surface area contributed by atoms with E-state index in [0.717, 1.165) is 0 Å². The van der Waals surface area contributed by atoms with Crippen molar-refractivity contribution in [1.82, 2.24) is 0 Å². The lowest BCUT2D eigenvalue weighted by atomic mass is 10.1. The highest BCUT2D eigenvalue weighted by molar-refractivity contribution is 6.62. The fraction of sp³-hybridized carbons (Fsp3) is 0.857. The van der Waals surface area contributed by atoms with Gasteiger partial charge in [-0.25, -0.2) is 0 Å². The van der Waals surface area contributed by atoms with Crippen molar-refractivity contribution < 1.29 is 13.3 Å². The maximum absolute atomic E-state index is 6.20. The van der Waals surface area contributed by atoms with E-state index in [2.05, 4.69) is 39.8 Å². The van der Waals surface area contributed by atoms with Crippen LogP contribution in [-0.4, -0.2) is 28.1 Å². The van der Waals surface area contributed by atoms with Gasteiger partial charge in [-0.05, 0) is 52.4 Å². The Kier molecular flexibility index (Phi) is 4.31. The minimum atomic E-state index is -2.57. The summed E-state index contributed by atoms with van der Waals surface area (Å²) in [6.45, 7) is 8.25. The monoisotopic (exact) mass is 270 g/mol. The molecule has 2 rings (SSSR count). The van der Waals surface area contributed by atoms with E-state index >= 15 is 0 Å². The highest BCUT2D eigenvalue weighted by Gasteiger charge is 2.57. The van der Waals surface area contributed by atoms with Gasteiger partial charge in [0.2, 0.25) is 0 Å². The van der Waals surface area contributed by atoms with Gasteiger partial charge in [-0.15, -0.1) is 0 Å². The lowest BCUT2D eigenvalue weighted by molar-refractivity contribution is 0.0214. The zero-order chi connectivity index (χ0) is 13.3. The van der Waals surface area contributed by atoms with Crippen LogP contribution in [0, 0.1) is 11.8 Å². The zero-order valence-electron chi connectivity index (χ0n) is 12.2. The predicted octanol–water partition coefficient (Wildman–Crippen LogP) is 3.39. The average Bonchev–Trinajstić information content (AvgIpc) is 2.88. The molecule has 3 atom stereocenters. The van der Waals surface area contributed by atoms with Crippen molar-refractivity contribution in [2.45, 2.75) is 58.3 Å². The molecule has 0 aromatic rings. The largest absolute Gasteiger partial charge is 0.505 e. The summed E-state index contributed by atoms with van der Waals surface area (Å²) >= 11 is 0. The molecule has 0 radical (unpaired) electrons. The molecule has 1 saturated carbocycles. The van der Waals surface area contributed by atoms with Crippen molar-refractivity contribution in [3.8, 4) is 0 Å². The molecule has 2 aliphatic carbocycles. The molecule has 0 aromatic carbocycles. The van der Waals surface area contributed by atoms with Gasteiger partial charge in [-0.2, -0.15) is 0 Å². The van der Waals surface area contributed by atoms with E-state index in [1.54, 1.807) is 7.11 Å². The van der Waals surface area contributed by atoms with E-state index in [9.17, 15) is 0 Å². The van der Waals surface area contributed by atoms with E-state index in [0.29, 0.717) is 17.4 Å². The maximum atomic E-state index is 6.20. The van der Waals surface area contributed by atoms with Gasteiger partial charge >= 0.3 is 8.80 Å². The molecule has 104 valence electrons. The third-order valence-corrected chi connectivity index (χ3v) is 7.56. The van der Waals surface area contributed by atoms with E-state index in [-0.39, 0.29) is 12.2 Å². The van der Waals surface area contributed by atoms with Crippen molar-refractivity contribution in [3.05, 3.63) is 12.2 Å². The third kappa shape index (κ3) is 2.71. The first kappa shape index (κ1) is 14.3. The van der Waals surface area contributed by atoms with Gasteiger partial charge in [-0.3, -0.25) is 0 Å². The van der Waals surface area contributed by atoms with E-state index < -0.39 is 8.80 Å². The van der Waals surface area contributed by atoms with Crippen LogP contribution in [0.3, 0.4) is 0 Å². The molecule has 3 unspecified atom stereocenters. The SMILES string of the molecule is CO[Si](OC(C)C)(OC(C)C)C1CC2C=CC1C2. The van der Waals surface area contributed by atoms with Gasteiger partial charge in [0.25, 0.3) is 0 Å². The smallest absolute Gasteiger partial charge is 0.377 e. The Balaban J connectivity index is 2.19. The number of rotatable bonds is 6. The Bertz CT molecular complexity index is 304. The summed E-state index contributed by atoms with van der Waals surface area (Å²) in [6.07, 6.45) is 7.41. The summed E-state index contributed by atoms with van der Waals surface area (Å²) in [5, 5.41) is 0. The molecule has 0 saturated heterocycles. The van der Waals surface area contributed by atoms with Gasteiger partial charge in [0.1, 0.15) is 0 Å². The summed E-state index contributed by atoms with van der Waals surface area (Å²) in [4.78, 5) is 0. The molecule has 0 spiro atoms. The summed E-state index contributed by atoms with van der Waals surface area (Å²) in [5.74, 6) is 1.31. The summed E-state index contributed by atoms with van der Waals surface area (Å²) in [5.41, 5.74) is 0.447. The second kappa shape index (κ2) is 5.45. The van der Waals surface area contributed by atoms with E-state index in [4.69, 9.17) is 13.3 Å². The Morgan fingerprint density at radius 2 is 1.61 bits per heavy atom. The van der Waals surface area contributed by atoms with Crippen LogP contribution in [0.15, 0.2) is 12.2 Å². The van der Waals surface area contributed by atoms with Gasteiger partial charge in [0.15, 0.2) is 0 Å². The lowest BCUT2D eigenvalue weighted by Crippen LogP contribution is -2.53. The van der Waals surface area contributed by atoms with Crippen LogP contribution in [0.25, 0.3) is 0 Å². The molecule has 0 amide bonds. The minimum absolute atomic E-state index is 0.151. The highest BCUT2D eigenvalue weighted by Crippen LogP contribution is 2.52. The molecular formula is C14H26O3Si. The van der Waals surface area contributed by atoms with Crippen molar-refractivity contribution in [1.29, 1.82) is 0 Å². The van der Waals surface area contributed by atoms with E-state index in [1.165, 1.54) is 12.8 Å². The Morgan fingerprint density at radius 3 is 1.94 bits per heavy atom. The molecule has 2 bridgehead atoms. The van der Waals surface area contributed by atoms with Gasteiger partial charge < -0.3 is 13.3 Å². The van der Waals surface area contributed by atoms with E-state index in [1.807, 2.05) is 0 Å². The topological polar surface area (TPSA) is 27.7 Å². The predicted molar refractivity (Wildman–Crippen MR) is 74.3 cm³/mol. The van der Waals surface area contributed by atoms with Gasteiger partial charge in [-0.1, -0.05) is 12.2 Å². The fourth-order valence-electron chi connectivity index (χ4n) is 3.29. The fourth-order valence-corrected chi connectivity index (χ4v) is 6.87. The maximum Gasteiger partial charge on any atom is 0.505 e. The number of hydrogen-bond acceptors (Lipinski definition) is 3. The van der Waals surface area contributed by atoms with Crippen LogP contribution in [-0.2, 0) is 13.3 Å². The summed E-state index contributed by atoms with van der Waals surface area (Å²) in [6, 6.07) is 0. The first-order valence-electron chi connectivity index (χ1n) is 7.06. The normalized spacial score (nSPS) is 30.9. The molecule has 0 N–H and O–H groups in total. The minimum Gasteiger partial charge on any atom is -0.377 e.